The Morgan fingerprint density at radius 3 is 2.58 bits per heavy atom. The Kier molecular flexibility index (Phi) is 7.66. The maximum atomic E-state index is 11.9. The number of hydrogen-bond acceptors (Lipinski definition) is 3. The fourth-order valence-electron chi connectivity index (χ4n) is 1.75. The van der Waals surface area contributed by atoms with Crippen molar-refractivity contribution >= 4 is 11.8 Å². The zero-order valence-corrected chi connectivity index (χ0v) is 11.9. The monoisotopic (exact) mass is 264 g/mol. The number of para-hydroxylation sites is 1. The highest BCUT2D eigenvalue weighted by Crippen LogP contribution is 2.13. The maximum Gasteiger partial charge on any atom is 0.414 e. The number of benzene rings is 1. The van der Waals surface area contributed by atoms with Gasteiger partial charge in [0.25, 0.3) is 0 Å². The molecule has 19 heavy (non-hydrogen) atoms. The predicted octanol–water partition coefficient (Wildman–Crippen LogP) is 3.04. The number of anilines is 1. The van der Waals surface area contributed by atoms with E-state index in [9.17, 15) is 4.79 Å². The first-order chi connectivity index (χ1) is 9.29. The third-order valence-electron chi connectivity index (χ3n) is 2.78. The molecule has 0 heterocycles. The van der Waals surface area contributed by atoms with E-state index in [0.717, 1.165) is 25.2 Å². The van der Waals surface area contributed by atoms with E-state index in [1.54, 1.807) is 4.90 Å². The third kappa shape index (κ3) is 5.75. The Balaban J connectivity index is 2.53. The van der Waals surface area contributed by atoms with Crippen LogP contribution in [0.5, 0.6) is 0 Å². The molecule has 0 saturated heterocycles. The quantitative estimate of drug-likeness (QED) is 0.734. The minimum atomic E-state index is -0.286. The van der Waals surface area contributed by atoms with Crippen LogP contribution in [0.1, 0.15) is 26.7 Å². The van der Waals surface area contributed by atoms with E-state index in [4.69, 9.17) is 4.74 Å². The largest absolute Gasteiger partial charge is 0.449 e. The molecule has 1 rings (SSSR count). The summed E-state index contributed by atoms with van der Waals surface area (Å²) in [6, 6.07) is 9.62. The standard InChI is InChI=1S/C15H24N2O2/c1-3-5-11-16-12-13-17(15(18)19-4-2)14-9-7-6-8-10-14/h6-10,16H,3-5,11-13H2,1-2H3. The molecule has 0 spiro atoms. The molecule has 0 aliphatic carbocycles. The van der Waals surface area contributed by atoms with Crippen molar-refractivity contribution in [3.63, 3.8) is 0 Å². The molecule has 0 aliphatic rings. The van der Waals surface area contributed by atoms with E-state index in [1.807, 2.05) is 37.3 Å². The van der Waals surface area contributed by atoms with Gasteiger partial charge in [0.05, 0.1) is 6.61 Å². The van der Waals surface area contributed by atoms with Gasteiger partial charge in [0.2, 0.25) is 0 Å². The lowest BCUT2D eigenvalue weighted by Crippen LogP contribution is -2.37. The van der Waals surface area contributed by atoms with Crippen LogP contribution in [-0.4, -0.2) is 32.3 Å². The second-order valence-electron chi connectivity index (χ2n) is 4.29. The number of rotatable bonds is 8. The van der Waals surface area contributed by atoms with Gasteiger partial charge >= 0.3 is 6.09 Å². The predicted molar refractivity (Wildman–Crippen MR) is 78.6 cm³/mol. The third-order valence-corrected chi connectivity index (χ3v) is 2.78. The zero-order valence-electron chi connectivity index (χ0n) is 11.9. The molecule has 0 fully saturated rings. The molecule has 4 heteroatoms. The zero-order chi connectivity index (χ0) is 13.9. The number of nitrogens with one attached hydrogen (secondary N) is 1. The van der Waals surface area contributed by atoms with Crippen molar-refractivity contribution in [3.8, 4) is 0 Å². The van der Waals surface area contributed by atoms with Crippen molar-refractivity contribution in [1.29, 1.82) is 0 Å². The molecule has 0 unspecified atom stereocenters. The van der Waals surface area contributed by atoms with Crippen molar-refractivity contribution < 1.29 is 9.53 Å². The summed E-state index contributed by atoms with van der Waals surface area (Å²) in [5.74, 6) is 0. The first-order valence-corrected chi connectivity index (χ1v) is 6.99. The molecule has 1 aromatic rings. The normalized spacial score (nSPS) is 10.2. The highest BCUT2D eigenvalue weighted by atomic mass is 16.6. The molecular formula is C15H24N2O2. The molecule has 106 valence electrons. The summed E-state index contributed by atoms with van der Waals surface area (Å²) < 4.78 is 5.10. The lowest BCUT2D eigenvalue weighted by Gasteiger charge is -2.22. The number of carbonyl (C=O) groups is 1. The Morgan fingerprint density at radius 2 is 1.95 bits per heavy atom. The second kappa shape index (κ2) is 9.39. The smallest absolute Gasteiger partial charge is 0.414 e. The van der Waals surface area contributed by atoms with Crippen molar-refractivity contribution in [1.82, 2.24) is 5.32 Å². The Labute approximate surface area is 115 Å². The lowest BCUT2D eigenvalue weighted by molar-refractivity contribution is 0.159. The molecule has 4 nitrogen and oxygen atoms in total. The molecule has 0 aliphatic heterocycles. The summed E-state index contributed by atoms with van der Waals surface area (Å²) >= 11 is 0. The minimum absolute atomic E-state index is 0.286. The van der Waals surface area contributed by atoms with Crippen molar-refractivity contribution in [2.75, 3.05) is 31.1 Å². The fourth-order valence-corrected chi connectivity index (χ4v) is 1.75. The highest BCUT2D eigenvalue weighted by Gasteiger charge is 2.15. The highest BCUT2D eigenvalue weighted by molar-refractivity contribution is 5.87. The van der Waals surface area contributed by atoms with Gasteiger partial charge in [0.1, 0.15) is 0 Å². The molecule has 0 atom stereocenters. The number of hydrogen-bond donors (Lipinski definition) is 1. The van der Waals surface area contributed by atoms with E-state index in [-0.39, 0.29) is 6.09 Å². The average molecular weight is 264 g/mol. The second-order valence-corrected chi connectivity index (χ2v) is 4.29. The lowest BCUT2D eigenvalue weighted by atomic mass is 10.3. The van der Waals surface area contributed by atoms with Crippen LogP contribution in [-0.2, 0) is 4.74 Å². The van der Waals surface area contributed by atoms with E-state index < -0.39 is 0 Å². The van der Waals surface area contributed by atoms with E-state index >= 15 is 0 Å². The Morgan fingerprint density at radius 1 is 1.21 bits per heavy atom. The van der Waals surface area contributed by atoms with E-state index in [1.165, 1.54) is 6.42 Å². The van der Waals surface area contributed by atoms with Gasteiger partial charge in [0, 0.05) is 18.8 Å². The molecule has 1 N–H and O–H groups in total. The van der Waals surface area contributed by atoms with Crippen LogP contribution in [0.15, 0.2) is 30.3 Å². The maximum absolute atomic E-state index is 11.9. The Hall–Kier alpha value is -1.55. The summed E-state index contributed by atoms with van der Waals surface area (Å²) in [5.41, 5.74) is 0.873. The van der Waals surface area contributed by atoms with E-state index in [0.29, 0.717) is 13.2 Å². The number of ether oxygens (including phenoxy) is 1. The van der Waals surface area contributed by atoms with Gasteiger partial charge in [-0.05, 0) is 32.0 Å². The van der Waals surface area contributed by atoms with Crippen LogP contribution in [0, 0.1) is 0 Å². The van der Waals surface area contributed by atoms with Crippen molar-refractivity contribution in [2.24, 2.45) is 0 Å². The summed E-state index contributed by atoms with van der Waals surface area (Å²) in [5, 5.41) is 3.33. The van der Waals surface area contributed by atoms with Gasteiger partial charge in [-0.25, -0.2) is 4.79 Å². The van der Waals surface area contributed by atoms with Gasteiger partial charge < -0.3 is 10.1 Å². The van der Waals surface area contributed by atoms with Crippen LogP contribution < -0.4 is 10.2 Å². The van der Waals surface area contributed by atoms with Crippen molar-refractivity contribution in [3.05, 3.63) is 30.3 Å². The van der Waals surface area contributed by atoms with Crippen LogP contribution in [0.3, 0.4) is 0 Å². The van der Waals surface area contributed by atoms with E-state index in [2.05, 4.69) is 12.2 Å². The molecule has 0 aromatic heterocycles. The van der Waals surface area contributed by atoms with Gasteiger partial charge in [-0.15, -0.1) is 0 Å². The first kappa shape index (κ1) is 15.5. The molecule has 0 saturated carbocycles. The number of carbonyl (C=O) groups excluding carboxylic acids is 1. The number of unbranched alkanes of at least 4 members (excludes halogenated alkanes) is 1. The molecule has 1 amide bonds. The molecular weight excluding hydrogens is 240 g/mol. The van der Waals surface area contributed by atoms with Crippen LogP contribution in [0.4, 0.5) is 10.5 Å². The summed E-state index contributed by atoms with van der Waals surface area (Å²) in [6.45, 7) is 6.75. The number of nitrogens with zero attached hydrogens (tertiary/aromatic N) is 1. The van der Waals surface area contributed by atoms with Crippen LogP contribution >= 0.6 is 0 Å². The van der Waals surface area contributed by atoms with Crippen molar-refractivity contribution in [2.45, 2.75) is 26.7 Å². The van der Waals surface area contributed by atoms with Gasteiger partial charge in [-0.1, -0.05) is 31.5 Å². The minimum Gasteiger partial charge on any atom is -0.449 e. The van der Waals surface area contributed by atoms with Crippen LogP contribution in [0.25, 0.3) is 0 Å². The summed E-state index contributed by atoms with van der Waals surface area (Å²) in [7, 11) is 0. The van der Waals surface area contributed by atoms with Gasteiger partial charge in [0.15, 0.2) is 0 Å². The first-order valence-electron chi connectivity index (χ1n) is 6.99. The number of amides is 1. The fraction of sp³-hybridized carbons (Fsp3) is 0.533. The van der Waals surface area contributed by atoms with Crippen LogP contribution in [0.2, 0.25) is 0 Å². The molecule has 1 aromatic carbocycles. The summed E-state index contributed by atoms with van der Waals surface area (Å²) in [4.78, 5) is 13.6. The summed E-state index contributed by atoms with van der Waals surface area (Å²) in [6.07, 6.45) is 2.05. The van der Waals surface area contributed by atoms with Gasteiger partial charge in [-0.3, -0.25) is 4.90 Å². The molecule has 0 bridgehead atoms. The average Bonchev–Trinajstić information content (AvgIpc) is 2.44. The molecule has 0 radical (unpaired) electrons. The Bertz CT molecular complexity index is 354. The van der Waals surface area contributed by atoms with Gasteiger partial charge in [-0.2, -0.15) is 0 Å². The topological polar surface area (TPSA) is 41.6 Å². The SMILES string of the molecule is CCCCNCCN(C(=O)OCC)c1ccccc1.